The summed E-state index contributed by atoms with van der Waals surface area (Å²) in [4.78, 5) is 4.43. The van der Waals surface area contributed by atoms with Gasteiger partial charge in [-0.25, -0.2) is 0 Å². The van der Waals surface area contributed by atoms with Gasteiger partial charge in [-0.2, -0.15) is 0 Å². The molecule has 4 rings (SSSR count). The summed E-state index contributed by atoms with van der Waals surface area (Å²) >= 11 is 0. The minimum absolute atomic E-state index is 0.272. The first-order valence-corrected chi connectivity index (χ1v) is 9.74. The number of hydrogen-bond acceptors (Lipinski definition) is 5. The topological polar surface area (TPSA) is 56.2 Å². The van der Waals surface area contributed by atoms with Crippen molar-refractivity contribution in [1.29, 1.82) is 0 Å². The van der Waals surface area contributed by atoms with Crippen molar-refractivity contribution in [2.24, 2.45) is 0 Å². The predicted molar refractivity (Wildman–Crippen MR) is 112 cm³/mol. The lowest BCUT2D eigenvalue weighted by molar-refractivity contribution is 0.0668. The van der Waals surface area contributed by atoms with E-state index in [4.69, 9.17) is 4.74 Å². The fourth-order valence-electron chi connectivity index (χ4n) is 3.76. The van der Waals surface area contributed by atoms with Crippen molar-refractivity contribution in [2.45, 2.75) is 6.10 Å². The zero-order valence-electron chi connectivity index (χ0n) is 15.9. The van der Waals surface area contributed by atoms with Gasteiger partial charge in [-0.3, -0.25) is 4.90 Å². The van der Waals surface area contributed by atoms with Crippen molar-refractivity contribution in [3.63, 3.8) is 0 Å². The highest BCUT2D eigenvalue weighted by atomic mass is 16.5. The molecule has 1 unspecified atom stereocenters. The number of para-hydroxylation sites is 2. The quantitative estimate of drug-likeness (QED) is 0.690. The Balaban J connectivity index is 1.28. The Morgan fingerprint density at radius 1 is 0.857 bits per heavy atom. The summed E-state index contributed by atoms with van der Waals surface area (Å²) in [6.07, 6.45) is -0.546. The lowest BCUT2D eigenvalue weighted by atomic mass is 10.1. The molecule has 3 aromatic rings. The molecule has 1 aliphatic rings. The second kappa shape index (κ2) is 8.50. The lowest BCUT2D eigenvalue weighted by Gasteiger charge is -2.37. The van der Waals surface area contributed by atoms with Gasteiger partial charge >= 0.3 is 0 Å². The fourth-order valence-corrected chi connectivity index (χ4v) is 3.76. The largest absolute Gasteiger partial charge is 0.506 e. The van der Waals surface area contributed by atoms with Crippen molar-refractivity contribution in [3.05, 3.63) is 66.7 Å². The fraction of sp³-hybridized carbons (Fsp3) is 0.304. The van der Waals surface area contributed by atoms with Crippen molar-refractivity contribution >= 4 is 16.5 Å². The van der Waals surface area contributed by atoms with Crippen LogP contribution in [0.1, 0.15) is 0 Å². The molecule has 0 spiro atoms. The van der Waals surface area contributed by atoms with Gasteiger partial charge in [0, 0.05) is 38.1 Å². The summed E-state index contributed by atoms with van der Waals surface area (Å²) in [6.45, 7) is 4.20. The highest BCUT2D eigenvalue weighted by molar-refractivity contribution is 5.88. The zero-order valence-corrected chi connectivity index (χ0v) is 15.9. The smallest absolute Gasteiger partial charge is 0.138 e. The average Bonchev–Trinajstić information content (AvgIpc) is 2.73. The summed E-state index contributed by atoms with van der Waals surface area (Å²) in [5, 5.41) is 22.7. The van der Waals surface area contributed by atoms with Crippen LogP contribution in [-0.2, 0) is 0 Å². The van der Waals surface area contributed by atoms with Crippen LogP contribution < -0.4 is 9.64 Å². The van der Waals surface area contributed by atoms with Gasteiger partial charge in [0.05, 0.1) is 5.69 Å². The number of ether oxygens (including phenoxy) is 1. The molecule has 0 bridgehead atoms. The number of hydrogen-bond donors (Lipinski definition) is 2. The van der Waals surface area contributed by atoms with Crippen LogP contribution in [0.2, 0.25) is 0 Å². The van der Waals surface area contributed by atoms with Gasteiger partial charge in [0.15, 0.2) is 0 Å². The maximum absolute atomic E-state index is 10.4. The van der Waals surface area contributed by atoms with E-state index in [1.165, 1.54) is 0 Å². The normalized spacial score (nSPS) is 16.2. The van der Waals surface area contributed by atoms with E-state index in [0.717, 1.165) is 48.4 Å². The van der Waals surface area contributed by atoms with E-state index in [2.05, 4.69) is 21.9 Å². The number of phenolic OH excluding ortho intramolecular Hbond substituents is 1. The van der Waals surface area contributed by atoms with Crippen molar-refractivity contribution in [1.82, 2.24) is 4.90 Å². The monoisotopic (exact) mass is 378 g/mol. The number of benzene rings is 3. The molecule has 0 aromatic heterocycles. The van der Waals surface area contributed by atoms with Crippen molar-refractivity contribution in [3.8, 4) is 11.5 Å². The molecule has 2 N–H and O–H groups in total. The highest BCUT2D eigenvalue weighted by Crippen LogP contribution is 2.27. The molecule has 0 amide bonds. The summed E-state index contributed by atoms with van der Waals surface area (Å²) < 4.78 is 5.91. The summed E-state index contributed by atoms with van der Waals surface area (Å²) in [5.74, 6) is 1.13. The third-order valence-electron chi connectivity index (χ3n) is 5.24. The Bertz CT molecular complexity index is 917. The third-order valence-corrected chi connectivity index (χ3v) is 5.24. The molecule has 0 radical (unpaired) electrons. The van der Waals surface area contributed by atoms with Gasteiger partial charge < -0.3 is 19.8 Å². The Labute approximate surface area is 165 Å². The van der Waals surface area contributed by atoms with E-state index in [0.29, 0.717) is 12.3 Å². The molecule has 28 heavy (non-hydrogen) atoms. The zero-order chi connectivity index (χ0) is 19.3. The van der Waals surface area contributed by atoms with E-state index in [-0.39, 0.29) is 6.61 Å². The molecule has 0 saturated carbocycles. The second-order valence-corrected chi connectivity index (χ2v) is 7.22. The lowest BCUT2D eigenvalue weighted by Crippen LogP contribution is -2.49. The Kier molecular flexibility index (Phi) is 5.65. The molecule has 1 fully saturated rings. The predicted octanol–water partition coefficient (Wildman–Crippen LogP) is 3.11. The summed E-state index contributed by atoms with van der Waals surface area (Å²) in [7, 11) is 0. The number of aliphatic hydroxyl groups excluding tert-OH is 1. The van der Waals surface area contributed by atoms with Gasteiger partial charge in [0.1, 0.15) is 24.2 Å². The van der Waals surface area contributed by atoms with Gasteiger partial charge in [-0.1, -0.05) is 48.5 Å². The van der Waals surface area contributed by atoms with Gasteiger partial charge in [-0.05, 0) is 23.6 Å². The van der Waals surface area contributed by atoms with Crippen LogP contribution in [0.3, 0.4) is 0 Å². The number of fused-ring (bicyclic) bond motifs is 1. The number of piperazine rings is 1. The molecule has 3 aromatic carbocycles. The van der Waals surface area contributed by atoms with Crippen molar-refractivity contribution in [2.75, 3.05) is 44.2 Å². The Morgan fingerprint density at radius 3 is 2.39 bits per heavy atom. The molecule has 1 heterocycles. The number of aliphatic hydroxyl groups is 1. The number of rotatable bonds is 6. The van der Waals surface area contributed by atoms with Crippen LogP contribution in [0.5, 0.6) is 11.5 Å². The van der Waals surface area contributed by atoms with Crippen LogP contribution in [0.25, 0.3) is 10.8 Å². The van der Waals surface area contributed by atoms with E-state index in [9.17, 15) is 10.2 Å². The van der Waals surface area contributed by atoms with Crippen molar-refractivity contribution < 1.29 is 14.9 Å². The first-order chi connectivity index (χ1) is 13.7. The molecular weight excluding hydrogens is 352 g/mol. The molecule has 1 atom stereocenters. The van der Waals surface area contributed by atoms with E-state index in [1.807, 2.05) is 48.5 Å². The van der Waals surface area contributed by atoms with Crippen LogP contribution in [0, 0.1) is 0 Å². The molecule has 1 aliphatic heterocycles. The maximum atomic E-state index is 10.4. The number of anilines is 1. The number of β-amino-alcohol motifs (C(OH)–C–C–N with tert-alkyl or cyclic N) is 1. The second-order valence-electron chi connectivity index (χ2n) is 7.22. The highest BCUT2D eigenvalue weighted by Gasteiger charge is 2.21. The van der Waals surface area contributed by atoms with Crippen LogP contribution in [0.4, 0.5) is 5.69 Å². The van der Waals surface area contributed by atoms with Crippen LogP contribution in [-0.4, -0.2) is 60.5 Å². The number of phenols is 1. The van der Waals surface area contributed by atoms with Gasteiger partial charge in [0.2, 0.25) is 0 Å². The third kappa shape index (κ3) is 4.21. The minimum Gasteiger partial charge on any atom is -0.506 e. The number of aromatic hydroxyl groups is 1. The van der Waals surface area contributed by atoms with Crippen LogP contribution in [0.15, 0.2) is 66.7 Å². The van der Waals surface area contributed by atoms with E-state index < -0.39 is 6.10 Å². The van der Waals surface area contributed by atoms with E-state index in [1.54, 1.807) is 6.07 Å². The van der Waals surface area contributed by atoms with Gasteiger partial charge in [-0.15, -0.1) is 0 Å². The first kappa shape index (κ1) is 18.6. The molecule has 146 valence electrons. The number of nitrogens with zero attached hydrogens (tertiary/aromatic N) is 2. The Hall–Kier alpha value is -2.76. The molecule has 0 aliphatic carbocycles. The Morgan fingerprint density at radius 2 is 1.57 bits per heavy atom. The maximum Gasteiger partial charge on any atom is 0.138 e. The average molecular weight is 378 g/mol. The first-order valence-electron chi connectivity index (χ1n) is 9.74. The summed E-state index contributed by atoms with van der Waals surface area (Å²) in [5.41, 5.74) is 0.877. The molecule has 1 saturated heterocycles. The molecular formula is C23H26N2O3. The minimum atomic E-state index is -0.546. The molecule has 5 nitrogen and oxygen atoms in total. The van der Waals surface area contributed by atoms with E-state index >= 15 is 0 Å². The molecule has 5 heteroatoms. The summed E-state index contributed by atoms with van der Waals surface area (Å²) in [6, 6.07) is 21.5. The van der Waals surface area contributed by atoms with Crippen LogP contribution >= 0.6 is 0 Å². The SMILES string of the molecule is Oc1ccccc1N1CCN(CC(O)COc2cccc3ccccc23)CC1. The van der Waals surface area contributed by atoms with Gasteiger partial charge in [0.25, 0.3) is 0 Å². The standard InChI is InChI=1S/C23H26N2O3/c26-19(17-28-23-11-5-7-18-6-1-2-8-20(18)23)16-24-12-14-25(15-13-24)21-9-3-4-10-22(21)27/h1-11,19,26-27H,12-17H2.